The van der Waals surface area contributed by atoms with E-state index in [1.54, 1.807) is 87.2 Å². The van der Waals surface area contributed by atoms with Gasteiger partial charge in [-0.1, -0.05) is 54.6 Å². The molecule has 1 atom stereocenters. The summed E-state index contributed by atoms with van der Waals surface area (Å²) in [5.74, 6) is -1.86. The molecule has 3 N–H and O–H groups in total. The Bertz CT molecular complexity index is 1990. The first-order chi connectivity index (χ1) is 24.8. The Morgan fingerprint density at radius 3 is 2.29 bits per heavy atom. The number of hydrogen-bond donors (Lipinski definition) is 3. The van der Waals surface area contributed by atoms with Crippen molar-refractivity contribution in [2.75, 3.05) is 24.3 Å². The first kappa shape index (κ1) is 37.8. The first-order valence-electron chi connectivity index (χ1n) is 16.5. The Balaban J connectivity index is 1.27. The van der Waals surface area contributed by atoms with E-state index in [1.165, 1.54) is 30.2 Å². The third-order valence-corrected chi connectivity index (χ3v) is 9.97. The van der Waals surface area contributed by atoms with Crippen molar-refractivity contribution < 1.29 is 33.4 Å². The van der Waals surface area contributed by atoms with E-state index in [0.717, 1.165) is 16.0 Å². The van der Waals surface area contributed by atoms with Crippen molar-refractivity contribution in [2.24, 2.45) is 0 Å². The van der Waals surface area contributed by atoms with Crippen molar-refractivity contribution in [1.82, 2.24) is 10.2 Å². The number of anilines is 2. The predicted molar refractivity (Wildman–Crippen MR) is 203 cm³/mol. The lowest BCUT2D eigenvalue weighted by atomic mass is 10.0. The molecule has 52 heavy (non-hydrogen) atoms. The summed E-state index contributed by atoms with van der Waals surface area (Å²) in [4.78, 5) is 68.6. The van der Waals surface area contributed by atoms with Crippen LogP contribution in [-0.2, 0) is 32.0 Å². The van der Waals surface area contributed by atoms with Gasteiger partial charge < -0.3 is 30.3 Å². The number of benzene rings is 3. The maximum absolute atomic E-state index is 13.5. The number of nitrogens with zero attached hydrogens (tertiary/aromatic N) is 1. The smallest absolute Gasteiger partial charge is 0.410 e. The molecular weight excluding hydrogens is 701 g/mol. The fraction of sp³-hybridized carbons (Fsp3) is 0.256. The van der Waals surface area contributed by atoms with Crippen LogP contribution < -0.4 is 16.0 Å². The van der Waals surface area contributed by atoms with Crippen LogP contribution in [0.5, 0.6) is 0 Å². The average Bonchev–Trinajstić information content (AvgIpc) is 3.48. The molecule has 3 aromatic carbocycles. The zero-order valence-corrected chi connectivity index (χ0v) is 31.1. The van der Waals surface area contributed by atoms with Crippen LogP contribution in [0, 0.1) is 0 Å². The molecule has 4 aromatic rings. The number of carbonyl (C=O) groups excluding carboxylic acids is 5. The van der Waals surface area contributed by atoms with E-state index in [1.807, 2.05) is 36.4 Å². The summed E-state index contributed by atoms with van der Waals surface area (Å²) in [6.07, 6.45) is 1.56. The molecule has 2 heterocycles. The highest BCUT2D eigenvalue weighted by Crippen LogP contribution is 2.38. The Morgan fingerprint density at radius 1 is 0.923 bits per heavy atom. The minimum atomic E-state index is -0.648. The van der Waals surface area contributed by atoms with Crippen molar-refractivity contribution in [1.29, 1.82) is 0 Å². The van der Waals surface area contributed by atoms with E-state index >= 15 is 0 Å². The monoisotopic (exact) mass is 740 g/mol. The number of carbonyl (C=O) groups is 5. The van der Waals surface area contributed by atoms with E-state index < -0.39 is 34.7 Å². The second-order valence-electron chi connectivity index (χ2n) is 12.9. The number of fused-ring (bicyclic) bond motifs is 1. The Kier molecular flexibility index (Phi) is 12.2. The molecule has 0 fully saturated rings. The molecule has 0 saturated heterocycles. The van der Waals surface area contributed by atoms with Crippen molar-refractivity contribution in [2.45, 2.75) is 56.4 Å². The molecule has 4 amide bonds. The Hall–Kier alpha value is -5.40. The van der Waals surface area contributed by atoms with Crippen molar-refractivity contribution in [3.05, 3.63) is 118 Å². The summed E-state index contributed by atoms with van der Waals surface area (Å²) in [6, 6.07) is 24.8. The maximum atomic E-state index is 13.5. The summed E-state index contributed by atoms with van der Waals surface area (Å²) in [5, 5.41) is 8.25. The standard InChI is InChI=1S/C39H40N4O7S2/c1-24(33(44)42-36-32(37(47)49-5)29-19-20-43(23-31(29)52-36)38(48)50-39(2,3)4)51-28-18-12-17-27(22-28)40-35(46)30(21-25-13-8-6-9-14-25)41-34(45)26-15-10-7-11-16-26/h6-18,21-22,24H,19-20,23H2,1-5H3,(H,40,46)(H,41,45)(H,42,44)/b30-21-. The highest BCUT2D eigenvalue weighted by atomic mass is 32.2. The number of ether oxygens (including phenoxy) is 2. The van der Waals surface area contributed by atoms with Crippen molar-refractivity contribution in [3.63, 3.8) is 0 Å². The largest absolute Gasteiger partial charge is 0.465 e. The molecule has 1 aromatic heterocycles. The van der Waals surface area contributed by atoms with Crippen molar-refractivity contribution >= 4 is 69.6 Å². The molecule has 0 radical (unpaired) electrons. The van der Waals surface area contributed by atoms with Gasteiger partial charge in [-0.25, -0.2) is 9.59 Å². The molecule has 0 bridgehead atoms. The van der Waals surface area contributed by atoms with Crippen LogP contribution in [0.3, 0.4) is 0 Å². The number of hydrogen-bond acceptors (Lipinski definition) is 9. The van der Waals surface area contributed by atoms with Crippen LogP contribution in [-0.4, -0.2) is 59.2 Å². The average molecular weight is 741 g/mol. The number of methoxy groups -OCH3 is 1. The minimum Gasteiger partial charge on any atom is -0.465 e. The number of amides is 4. The summed E-state index contributed by atoms with van der Waals surface area (Å²) in [6.45, 7) is 7.74. The zero-order chi connectivity index (χ0) is 37.4. The Labute approximate surface area is 310 Å². The van der Waals surface area contributed by atoms with Gasteiger partial charge in [-0.15, -0.1) is 23.1 Å². The molecule has 1 aliphatic rings. The fourth-order valence-corrected chi connectivity index (χ4v) is 7.45. The normalized spacial score (nSPS) is 13.3. The van der Waals surface area contributed by atoms with Gasteiger partial charge >= 0.3 is 12.1 Å². The lowest BCUT2D eigenvalue weighted by Gasteiger charge is -2.30. The molecule has 0 aliphatic carbocycles. The van der Waals surface area contributed by atoms with Gasteiger partial charge in [0.15, 0.2) is 0 Å². The molecule has 0 saturated carbocycles. The van der Waals surface area contributed by atoms with Crippen molar-refractivity contribution in [3.8, 4) is 0 Å². The Morgan fingerprint density at radius 2 is 1.62 bits per heavy atom. The third kappa shape index (κ3) is 9.89. The molecule has 11 nitrogen and oxygen atoms in total. The molecule has 270 valence electrons. The summed E-state index contributed by atoms with van der Waals surface area (Å²) < 4.78 is 10.6. The summed E-state index contributed by atoms with van der Waals surface area (Å²) in [5.41, 5.74) is 2.04. The number of thioether (sulfide) groups is 1. The van der Waals surface area contributed by atoms with Crippen LogP contribution >= 0.6 is 23.1 Å². The number of nitrogens with one attached hydrogen (secondary N) is 3. The van der Waals surface area contributed by atoms with E-state index in [9.17, 15) is 24.0 Å². The quantitative estimate of drug-likeness (QED) is 0.0870. The second kappa shape index (κ2) is 16.7. The SMILES string of the molecule is COC(=O)c1c(NC(=O)C(C)Sc2cccc(NC(=O)/C(=C/c3ccccc3)NC(=O)c3ccccc3)c2)sc2c1CCN(C(=O)OC(C)(C)C)C2. The predicted octanol–water partition coefficient (Wildman–Crippen LogP) is 7.36. The molecule has 5 rings (SSSR count). The lowest BCUT2D eigenvalue weighted by molar-refractivity contribution is -0.115. The van der Waals surface area contributed by atoms with Gasteiger partial charge in [-0.05, 0) is 81.7 Å². The van der Waals surface area contributed by atoms with Gasteiger partial charge in [0.2, 0.25) is 5.91 Å². The van der Waals surface area contributed by atoms with E-state index in [2.05, 4.69) is 16.0 Å². The fourth-order valence-electron chi connectivity index (χ4n) is 5.27. The molecular formula is C39H40N4O7S2. The lowest BCUT2D eigenvalue weighted by Crippen LogP contribution is -2.39. The maximum Gasteiger partial charge on any atom is 0.410 e. The molecule has 1 unspecified atom stereocenters. The number of rotatable bonds is 10. The van der Waals surface area contributed by atoms with Gasteiger partial charge in [0.1, 0.15) is 16.3 Å². The highest BCUT2D eigenvalue weighted by molar-refractivity contribution is 8.00. The molecule has 0 spiro atoms. The van der Waals surface area contributed by atoms with Gasteiger partial charge in [-0.2, -0.15) is 0 Å². The topological polar surface area (TPSA) is 143 Å². The van der Waals surface area contributed by atoms with Crippen LogP contribution in [0.4, 0.5) is 15.5 Å². The number of thiophene rings is 1. The second-order valence-corrected chi connectivity index (χ2v) is 15.4. The van der Waals surface area contributed by atoms with Crippen LogP contribution in [0.1, 0.15) is 64.4 Å². The number of esters is 1. The minimum absolute atomic E-state index is 0.0557. The van der Waals surface area contributed by atoms with E-state index in [4.69, 9.17) is 9.47 Å². The highest BCUT2D eigenvalue weighted by Gasteiger charge is 2.33. The zero-order valence-electron chi connectivity index (χ0n) is 29.5. The molecule has 13 heteroatoms. The van der Waals surface area contributed by atoms with E-state index in [0.29, 0.717) is 39.7 Å². The van der Waals surface area contributed by atoms with Gasteiger partial charge in [0.25, 0.3) is 11.8 Å². The molecule has 1 aliphatic heterocycles. The first-order valence-corrected chi connectivity index (χ1v) is 18.2. The van der Waals surface area contributed by atoms with Crippen LogP contribution in [0.15, 0.2) is 95.5 Å². The van der Waals surface area contributed by atoms with Crippen LogP contribution in [0.2, 0.25) is 0 Å². The van der Waals surface area contributed by atoms with E-state index in [-0.39, 0.29) is 18.1 Å². The van der Waals surface area contributed by atoms with Gasteiger partial charge in [-0.3, -0.25) is 14.4 Å². The van der Waals surface area contributed by atoms with Gasteiger partial charge in [0, 0.05) is 27.6 Å². The van der Waals surface area contributed by atoms with Crippen LogP contribution in [0.25, 0.3) is 6.08 Å². The summed E-state index contributed by atoms with van der Waals surface area (Å²) in [7, 11) is 1.29. The van der Waals surface area contributed by atoms with Gasteiger partial charge in [0.05, 0.1) is 24.5 Å². The third-order valence-electron chi connectivity index (χ3n) is 7.75. The summed E-state index contributed by atoms with van der Waals surface area (Å²) >= 11 is 2.50.